The number of ether oxygens (including phenoxy) is 1. The minimum Gasteiger partial charge on any atom is -0.374 e. The Bertz CT molecular complexity index is 342. The number of methoxy groups -OCH3 is 1. The molecule has 1 nitrogen and oxygen atoms in total. The second-order valence-corrected chi connectivity index (χ2v) is 4.64. The monoisotopic (exact) mass is 224 g/mol. The molecule has 0 heterocycles. The van der Waals surface area contributed by atoms with Crippen LogP contribution in [0.5, 0.6) is 0 Å². The van der Waals surface area contributed by atoms with E-state index in [4.69, 9.17) is 4.74 Å². The van der Waals surface area contributed by atoms with Gasteiger partial charge in [0, 0.05) is 7.11 Å². The molecule has 0 N–H and O–H groups in total. The van der Waals surface area contributed by atoms with E-state index in [1.807, 2.05) is 19.9 Å². The molecule has 16 heavy (non-hydrogen) atoms. The number of aryl methyl sites for hydroxylation is 1. The largest absolute Gasteiger partial charge is 0.374 e. The molecule has 0 aliphatic heterocycles. The average molecular weight is 224 g/mol. The molecular weight excluding hydrogens is 203 g/mol. The van der Waals surface area contributed by atoms with E-state index in [2.05, 4.69) is 13.8 Å². The van der Waals surface area contributed by atoms with Crippen LogP contribution in [0.2, 0.25) is 0 Å². The number of benzene rings is 1. The standard InChI is InChI=1S/C14H21FO/c1-6-11(3)14(4,16-5)12-7-10(2)8-13(15)9-12/h7-9,11H,6H2,1-5H3/t11-,14?/m1/s1. The highest BCUT2D eigenvalue weighted by atomic mass is 19.1. The molecule has 0 spiro atoms. The van der Waals surface area contributed by atoms with Crippen molar-refractivity contribution in [2.24, 2.45) is 5.92 Å². The Hall–Kier alpha value is -0.890. The highest BCUT2D eigenvalue weighted by Gasteiger charge is 2.32. The molecule has 0 bridgehead atoms. The van der Waals surface area contributed by atoms with Gasteiger partial charge in [0.1, 0.15) is 5.82 Å². The maximum absolute atomic E-state index is 13.4. The van der Waals surface area contributed by atoms with Crippen LogP contribution in [0.4, 0.5) is 4.39 Å². The summed E-state index contributed by atoms with van der Waals surface area (Å²) in [5.74, 6) is 0.153. The summed E-state index contributed by atoms with van der Waals surface area (Å²) in [5, 5.41) is 0. The Morgan fingerprint density at radius 1 is 1.38 bits per heavy atom. The second kappa shape index (κ2) is 4.96. The van der Waals surface area contributed by atoms with Crippen molar-refractivity contribution >= 4 is 0 Å². The molecule has 2 heteroatoms. The molecule has 1 aromatic rings. The van der Waals surface area contributed by atoms with Crippen LogP contribution in [-0.2, 0) is 10.3 Å². The normalized spacial score (nSPS) is 16.9. The Morgan fingerprint density at radius 3 is 2.44 bits per heavy atom. The predicted molar refractivity (Wildman–Crippen MR) is 65.0 cm³/mol. The Kier molecular flexibility index (Phi) is 4.09. The zero-order chi connectivity index (χ0) is 12.3. The first-order valence-corrected chi connectivity index (χ1v) is 5.76. The minimum absolute atomic E-state index is 0.193. The SMILES string of the molecule is CC[C@@H](C)C(C)(OC)c1cc(C)cc(F)c1. The summed E-state index contributed by atoms with van der Waals surface area (Å²) in [7, 11) is 1.69. The van der Waals surface area contributed by atoms with Crippen molar-refractivity contribution in [1.29, 1.82) is 0 Å². The summed E-state index contributed by atoms with van der Waals surface area (Å²) < 4.78 is 19.0. The lowest BCUT2D eigenvalue weighted by atomic mass is 9.81. The van der Waals surface area contributed by atoms with Crippen molar-refractivity contribution in [1.82, 2.24) is 0 Å². The van der Waals surface area contributed by atoms with Crippen LogP contribution in [0, 0.1) is 18.7 Å². The van der Waals surface area contributed by atoms with Crippen molar-refractivity contribution < 1.29 is 9.13 Å². The van der Waals surface area contributed by atoms with E-state index in [-0.39, 0.29) is 5.82 Å². The van der Waals surface area contributed by atoms with Crippen molar-refractivity contribution in [2.45, 2.75) is 39.7 Å². The van der Waals surface area contributed by atoms with Gasteiger partial charge in [-0.15, -0.1) is 0 Å². The molecule has 1 unspecified atom stereocenters. The number of halogens is 1. The summed E-state index contributed by atoms with van der Waals surface area (Å²) in [6.07, 6.45) is 1.000. The molecule has 0 amide bonds. The molecule has 0 aromatic heterocycles. The van der Waals surface area contributed by atoms with E-state index in [0.717, 1.165) is 17.5 Å². The molecule has 90 valence electrons. The van der Waals surface area contributed by atoms with E-state index in [0.29, 0.717) is 5.92 Å². The van der Waals surface area contributed by atoms with Crippen LogP contribution >= 0.6 is 0 Å². The summed E-state index contributed by atoms with van der Waals surface area (Å²) in [6.45, 7) is 8.17. The number of rotatable bonds is 4. The van der Waals surface area contributed by atoms with Gasteiger partial charge < -0.3 is 4.74 Å². The van der Waals surface area contributed by atoms with Crippen molar-refractivity contribution in [3.05, 3.63) is 35.1 Å². The zero-order valence-corrected chi connectivity index (χ0v) is 10.8. The number of hydrogen-bond acceptors (Lipinski definition) is 1. The van der Waals surface area contributed by atoms with E-state index in [9.17, 15) is 4.39 Å². The number of hydrogen-bond donors (Lipinski definition) is 0. The van der Waals surface area contributed by atoms with Crippen LogP contribution in [-0.4, -0.2) is 7.11 Å². The third-order valence-corrected chi connectivity index (χ3v) is 3.59. The first-order valence-electron chi connectivity index (χ1n) is 5.76. The molecule has 0 radical (unpaired) electrons. The predicted octanol–water partition coefficient (Wildman–Crippen LogP) is 4.04. The van der Waals surface area contributed by atoms with Crippen LogP contribution in [0.3, 0.4) is 0 Å². The summed E-state index contributed by atoms with van der Waals surface area (Å²) in [4.78, 5) is 0. The highest BCUT2D eigenvalue weighted by Crippen LogP contribution is 2.35. The van der Waals surface area contributed by atoms with Gasteiger partial charge in [-0.2, -0.15) is 0 Å². The van der Waals surface area contributed by atoms with E-state index < -0.39 is 5.60 Å². The van der Waals surface area contributed by atoms with Gasteiger partial charge in [-0.25, -0.2) is 4.39 Å². The second-order valence-electron chi connectivity index (χ2n) is 4.64. The smallest absolute Gasteiger partial charge is 0.123 e. The molecule has 0 aliphatic rings. The fourth-order valence-electron chi connectivity index (χ4n) is 2.02. The molecule has 0 aliphatic carbocycles. The lowest BCUT2D eigenvalue weighted by molar-refractivity contribution is -0.0446. The summed E-state index contributed by atoms with van der Waals surface area (Å²) in [6, 6.07) is 5.11. The molecule has 1 aromatic carbocycles. The van der Waals surface area contributed by atoms with Crippen LogP contribution in [0.1, 0.15) is 38.3 Å². The quantitative estimate of drug-likeness (QED) is 0.750. The van der Waals surface area contributed by atoms with Crippen molar-refractivity contribution in [2.75, 3.05) is 7.11 Å². The van der Waals surface area contributed by atoms with Crippen LogP contribution in [0.15, 0.2) is 18.2 Å². The van der Waals surface area contributed by atoms with Gasteiger partial charge in [0.25, 0.3) is 0 Å². The van der Waals surface area contributed by atoms with Crippen LogP contribution < -0.4 is 0 Å². The van der Waals surface area contributed by atoms with Crippen LogP contribution in [0.25, 0.3) is 0 Å². The van der Waals surface area contributed by atoms with Gasteiger partial charge in [0.05, 0.1) is 5.60 Å². The molecule has 0 saturated carbocycles. The first-order chi connectivity index (χ1) is 7.43. The summed E-state index contributed by atoms with van der Waals surface area (Å²) >= 11 is 0. The Morgan fingerprint density at radius 2 is 2.00 bits per heavy atom. The minimum atomic E-state index is -0.415. The van der Waals surface area contributed by atoms with Crippen molar-refractivity contribution in [3.8, 4) is 0 Å². The maximum Gasteiger partial charge on any atom is 0.123 e. The van der Waals surface area contributed by atoms with Gasteiger partial charge in [-0.05, 0) is 43.0 Å². The van der Waals surface area contributed by atoms with Gasteiger partial charge in [-0.3, -0.25) is 0 Å². The highest BCUT2D eigenvalue weighted by molar-refractivity contribution is 5.28. The third-order valence-electron chi connectivity index (χ3n) is 3.59. The van der Waals surface area contributed by atoms with E-state index >= 15 is 0 Å². The lowest BCUT2D eigenvalue weighted by Gasteiger charge is -2.34. The average Bonchev–Trinajstić information content (AvgIpc) is 2.25. The van der Waals surface area contributed by atoms with E-state index in [1.54, 1.807) is 13.2 Å². The molecular formula is C14H21FO. The van der Waals surface area contributed by atoms with Crippen molar-refractivity contribution in [3.63, 3.8) is 0 Å². The van der Waals surface area contributed by atoms with E-state index in [1.165, 1.54) is 6.07 Å². The fourth-order valence-corrected chi connectivity index (χ4v) is 2.02. The molecule has 2 atom stereocenters. The van der Waals surface area contributed by atoms with Gasteiger partial charge in [-0.1, -0.05) is 26.3 Å². The molecule has 1 rings (SSSR count). The molecule has 0 saturated heterocycles. The Balaban J connectivity index is 3.21. The van der Waals surface area contributed by atoms with Gasteiger partial charge >= 0.3 is 0 Å². The zero-order valence-electron chi connectivity index (χ0n) is 10.8. The first kappa shape index (κ1) is 13.2. The third kappa shape index (κ3) is 2.43. The topological polar surface area (TPSA) is 9.23 Å². The lowest BCUT2D eigenvalue weighted by Crippen LogP contribution is -2.32. The Labute approximate surface area is 97.6 Å². The molecule has 0 fully saturated rings. The van der Waals surface area contributed by atoms with Gasteiger partial charge in [0.15, 0.2) is 0 Å². The fraction of sp³-hybridized carbons (Fsp3) is 0.571. The van der Waals surface area contributed by atoms with Gasteiger partial charge in [0.2, 0.25) is 0 Å². The summed E-state index contributed by atoms with van der Waals surface area (Å²) in [5.41, 5.74) is 1.44. The maximum atomic E-state index is 13.4.